The Hall–Kier alpha value is -0.210. The molecule has 0 unspecified atom stereocenters. The first kappa shape index (κ1) is 17.8. The number of rotatable bonds is 10. The van der Waals surface area contributed by atoms with Crippen LogP contribution in [0.4, 0.5) is 13.2 Å². The Kier molecular flexibility index (Phi) is 8.71. The molecular formula is C15H29F3. The Morgan fingerprint density at radius 2 is 1.00 bits per heavy atom. The third-order valence-electron chi connectivity index (χ3n) is 3.76. The second-order valence-corrected chi connectivity index (χ2v) is 5.60. The molecule has 0 spiro atoms. The molecule has 0 aliphatic rings. The molecule has 0 radical (unpaired) electrons. The summed E-state index contributed by atoms with van der Waals surface area (Å²) in [6.45, 7) is 6.16. The van der Waals surface area contributed by atoms with Crippen molar-refractivity contribution in [3.63, 3.8) is 0 Å². The van der Waals surface area contributed by atoms with Crippen LogP contribution in [0.15, 0.2) is 0 Å². The largest absolute Gasteiger partial charge is 0.389 e. The first-order valence-electron chi connectivity index (χ1n) is 7.46. The molecule has 110 valence electrons. The molecule has 0 atom stereocenters. The predicted octanol–water partition coefficient (Wildman–Crippen LogP) is 6.50. The quantitative estimate of drug-likeness (QED) is 0.423. The van der Waals surface area contributed by atoms with E-state index in [4.69, 9.17) is 0 Å². The van der Waals surface area contributed by atoms with E-state index in [1.807, 2.05) is 0 Å². The molecule has 0 fully saturated rings. The van der Waals surface area contributed by atoms with Gasteiger partial charge < -0.3 is 0 Å². The van der Waals surface area contributed by atoms with Crippen LogP contribution in [-0.4, -0.2) is 6.18 Å². The smallest absolute Gasteiger partial charge is 0.171 e. The molecule has 0 aromatic carbocycles. The van der Waals surface area contributed by atoms with Gasteiger partial charge in [-0.1, -0.05) is 59.3 Å². The van der Waals surface area contributed by atoms with Crippen LogP contribution in [0.1, 0.15) is 85.0 Å². The minimum absolute atomic E-state index is 0.486. The van der Waals surface area contributed by atoms with E-state index < -0.39 is 18.0 Å². The van der Waals surface area contributed by atoms with E-state index in [2.05, 4.69) is 20.8 Å². The lowest BCUT2D eigenvalue weighted by atomic mass is 9.72. The Bertz CT molecular complexity index is 175. The van der Waals surface area contributed by atoms with Crippen LogP contribution in [0, 0.1) is 5.41 Å². The molecule has 0 rings (SSSR count). The van der Waals surface area contributed by atoms with Gasteiger partial charge in [-0.15, -0.1) is 0 Å². The molecule has 0 aliphatic heterocycles. The maximum absolute atomic E-state index is 12.8. The summed E-state index contributed by atoms with van der Waals surface area (Å²) in [7, 11) is 0. The van der Waals surface area contributed by atoms with Crippen molar-refractivity contribution < 1.29 is 13.2 Å². The number of unbranched alkanes of at least 4 members (excludes halogenated alkanes) is 3. The van der Waals surface area contributed by atoms with Gasteiger partial charge in [-0.05, 0) is 24.7 Å². The summed E-state index contributed by atoms with van der Waals surface area (Å²) in [5, 5.41) is 0. The van der Waals surface area contributed by atoms with Crippen molar-refractivity contribution in [2.24, 2.45) is 5.41 Å². The zero-order valence-electron chi connectivity index (χ0n) is 12.2. The van der Waals surface area contributed by atoms with E-state index in [9.17, 15) is 13.2 Å². The van der Waals surface area contributed by atoms with Crippen LogP contribution in [0.2, 0.25) is 0 Å². The van der Waals surface area contributed by atoms with Crippen LogP contribution in [-0.2, 0) is 0 Å². The molecule has 0 aliphatic carbocycles. The van der Waals surface area contributed by atoms with Gasteiger partial charge in [0.1, 0.15) is 0 Å². The van der Waals surface area contributed by atoms with Gasteiger partial charge in [0.25, 0.3) is 0 Å². The van der Waals surface area contributed by atoms with Gasteiger partial charge in [0, 0.05) is 6.42 Å². The van der Waals surface area contributed by atoms with Crippen molar-refractivity contribution >= 4 is 0 Å². The first-order chi connectivity index (χ1) is 8.39. The summed E-state index contributed by atoms with van der Waals surface area (Å²) in [6, 6.07) is 0. The average Bonchev–Trinajstić information content (AvgIpc) is 2.29. The molecule has 0 heterocycles. The molecule has 0 bridgehead atoms. The highest BCUT2D eigenvalue weighted by atomic mass is 19.4. The Labute approximate surface area is 110 Å². The van der Waals surface area contributed by atoms with E-state index in [-0.39, 0.29) is 0 Å². The van der Waals surface area contributed by atoms with Crippen LogP contribution in [0.3, 0.4) is 0 Å². The number of halogens is 3. The highest BCUT2D eigenvalue weighted by Gasteiger charge is 2.40. The fraction of sp³-hybridized carbons (Fsp3) is 1.00. The third kappa shape index (κ3) is 7.99. The van der Waals surface area contributed by atoms with E-state index in [1.165, 1.54) is 0 Å². The molecule has 0 amide bonds. The highest BCUT2D eigenvalue weighted by molar-refractivity contribution is 4.82. The lowest BCUT2D eigenvalue weighted by Crippen LogP contribution is -2.28. The fourth-order valence-corrected chi connectivity index (χ4v) is 2.72. The fourth-order valence-electron chi connectivity index (χ4n) is 2.72. The zero-order chi connectivity index (χ0) is 14.1. The monoisotopic (exact) mass is 266 g/mol. The number of hydrogen-bond acceptors (Lipinski definition) is 0. The maximum atomic E-state index is 12.8. The predicted molar refractivity (Wildman–Crippen MR) is 71.7 cm³/mol. The molecule has 0 saturated heterocycles. The summed E-state index contributed by atoms with van der Waals surface area (Å²) in [4.78, 5) is 0. The van der Waals surface area contributed by atoms with Crippen LogP contribution in [0.25, 0.3) is 0 Å². The minimum atomic E-state index is -4.02. The second kappa shape index (κ2) is 8.82. The molecular weight excluding hydrogens is 237 g/mol. The Morgan fingerprint density at radius 3 is 1.22 bits per heavy atom. The van der Waals surface area contributed by atoms with Crippen molar-refractivity contribution in [1.29, 1.82) is 0 Å². The first-order valence-corrected chi connectivity index (χ1v) is 7.46. The minimum Gasteiger partial charge on any atom is -0.171 e. The van der Waals surface area contributed by atoms with Crippen molar-refractivity contribution in [3.05, 3.63) is 0 Å². The third-order valence-corrected chi connectivity index (χ3v) is 3.76. The van der Waals surface area contributed by atoms with Gasteiger partial charge in [-0.2, -0.15) is 13.2 Å². The molecule has 0 saturated carbocycles. The van der Waals surface area contributed by atoms with E-state index in [0.29, 0.717) is 0 Å². The summed E-state index contributed by atoms with van der Waals surface area (Å²) >= 11 is 0. The Balaban J connectivity index is 4.73. The van der Waals surface area contributed by atoms with Crippen molar-refractivity contribution in [1.82, 2.24) is 0 Å². The SMILES string of the molecule is CCCCC(CCCC)(CCCC)CC(F)(F)F. The highest BCUT2D eigenvalue weighted by Crippen LogP contribution is 2.45. The molecule has 0 nitrogen and oxygen atoms in total. The molecule has 0 aromatic rings. The van der Waals surface area contributed by atoms with Gasteiger partial charge in [0.05, 0.1) is 0 Å². The molecule has 0 aromatic heterocycles. The lowest BCUT2D eigenvalue weighted by Gasteiger charge is -2.35. The van der Waals surface area contributed by atoms with Crippen LogP contribution >= 0.6 is 0 Å². The zero-order valence-corrected chi connectivity index (χ0v) is 12.2. The van der Waals surface area contributed by atoms with Gasteiger partial charge in [0.2, 0.25) is 0 Å². The Morgan fingerprint density at radius 1 is 0.667 bits per heavy atom. The topological polar surface area (TPSA) is 0 Å². The van der Waals surface area contributed by atoms with Crippen LogP contribution < -0.4 is 0 Å². The van der Waals surface area contributed by atoms with Gasteiger partial charge in [0.15, 0.2) is 0 Å². The molecule has 18 heavy (non-hydrogen) atoms. The standard InChI is InChI=1S/C15H29F3/c1-4-7-10-14(11-8-5-2,12-9-6-3)13-15(16,17)18/h4-13H2,1-3H3. The second-order valence-electron chi connectivity index (χ2n) is 5.60. The number of alkyl halides is 3. The maximum Gasteiger partial charge on any atom is 0.389 e. The number of hydrogen-bond donors (Lipinski definition) is 0. The average molecular weight is 266 g/mol. The molecule has 3 heteroatoms. The summed E-state index contributed by atoms with van der Waals surface area (Å²) in [5.41, 5.74) is -0.486. The van der Waals surface area contributed by atoms with E-state index in [1.54, 1.807) is 0 Å². The van der Waals surface area contributed by atoms with Gasteiger partial charge >= 0.3 is 6.18 Å². The van der Waals surface area contributed by atoms with Gasteiger partial charge in [-0.3, -0.25) is 0 Å². The van der Waals surface area contributed by atoms with Crippen molar-refractivity contribution in [3.8, 4) is 0 Å². The summed E-state index contributed by atoms with van der Waals surface area (Å²) < 4.78 is 38.5. The van der Waals surface area contributed by atoms with Crippen molar-refractivity contribution in [2.45, 2.75) is 91.2 Å². The molecule has 0 N–H and O–H groups in total. The van der Waals surface area contributed by atoms with E-state index in [0.717, 1.165) is 57.8 Å². The van der Waals surface area contributed by atoms with Gasteiger partial charge in [-0.25, -0.2) is 0 Å². The lowest BCUT2D eigenvalue weighted by molar-refractivity contribution is -0.162. The van der Waals surface area contributed by atoms with E-state index >= 15 is 0 Å². The summed E-state index contributed by atoms with van der Waals surface area (Å²) in [6.07, 6.45) is 3.33. The van der Waals surface area contributed by atoms with Crippen LogP contribution in [0.5, 0.6) is 0 Å². The normalized spacial score (nSPS) is 13.0. The van der Waals surface area contributed by atoms with Crippen molar-refractivity contribution in [2.75, 3.05) is 0 Å². The summed E-state index contributed by atoms with van der Waals surface area (Å²) in [5.74, 6) is 0.